The van der Waals surface area contributed by atoms with E-state index in [0.29, 0.717) is 21.5 Å². The van der Waals surface area contributed by atoms with E-state index in [4.69, 9.17) is 22.0 Å². The van der Waals surface area contributed by atoms with Gasteiger partial charge in [0.05, 0.1) is 27.9 Å². The number of hydrogen-bond donors (Lipinski definition) is 2. The van der Waals surface area contributed by atoms with Gasteiger partial charge in [-0.2, -0.15) is 5.26 Å². The molecule has 5 nitrogen and oxygen atoms in total. The van der Waals surface area contributed by atoms with Crippen LogP contribution in [-0.2, 0) is 0 Å². The van der Waals surface area contributed by atoms with E-state index in [0.717, 1.165) is 0 Å². The smallest absolute Gasteiger partial charge is 0.337 e. The molecule has 1 aromatic heterocycles. The summed E-state index contributed by atoms with van der Waals surface area (Å²) < 4.78 is 0.678. The Balaban J connectivity index is 2.31. The number of hydrogen-bond acceptors (Lipinski definition) is 4. The van der Waals surface area contributed by atoms with Gasteiger partial charge >= 0.3 is 5.97 Å². The number of carboxylic acids is 1. The quantitative estimate of drug-likeness (QED) is 0.877. The highest BCUT2D eigenvalue weighted by atomic mass is 79.9. The van der Waals surface area contributed by atoms with E-state index in [-0.39, 0.29) is 10.6 Å². The van der Waals surface area contributed by atoms with Gasteiger partial charge in [0, 0.05) is 10.7 Å². The molecule has 0 atom stereocenters. The summed E-state index contributed by atoms with van der Waals surface area (Å²) in [5.41, 5.74) is 1.20. The number of nitrogens with zero attached hydrogens (tertiary/aromatic N) is 2. The Kier molecular flexibility index (Phi) is 4.23. The molecule has 0 aliphatic rings. The van der Waals surface area contributed by atoms with Crippen LogP contribution in [0.25, 0.3) is 0 Å². The number of carbonyl (C=O) groups is 1. The fraction of sp³-hybridized carbons (Fsp3) is 0. The topological polar surface area (TPSA) is 86.0 Å². The largest absolute Gasteiger partial charge is 0.478 e. The summed E-state index contributed by atoms with van der Waals surface area (Å²) in [6.07, 6.45) is 1.22. The molecule has 0 bridgehead atoms. The van der Waals surface area contributed by atoms with Gasteiger partial charge < -0.3 is 10.4 Å². The Morgan fingerprint density at radius 1 is 1.45 bits per heavy atom. The highest BCUT2D eigenvalue weighted by molar-refractivity contribution is 9.10. The Morgan fingerprint density at radius 3 is 2.75 bits per heavy atom. The maximum absolute atomic E-state index is 10.8. The van der Waals surface area contributed by atoms with Crippen LogP contribution in [0.1, 0.15) is 15.9 Å². The summed E-state index contributed by atoms with van der Waals surface area (Å²) >= 11 is 9.31. The zero-order chi connectivity index (χ0) is 14.7. The number of anilines is 2. The minimum absolute atomic E-state index is 0.0134. The van der Waals surface area contributed by atoms with E-state index in [2.05, 4.69) is 26.2 Å². The number of carboxylic acid groups (broad SMARTS) is 1. The molecule has 0 fully saturated rings. The number of halogens is 2. The van der Waals surface area contributed by atoms with Crippen LogP contribution >= 0.6 is 27.5 Å². The van der Waals surface area contributed by atoms with E-state index < -0.39 is 5.97 Å². The van der Waals surface area contributed by atoms with Crippen molar-refractivity contribution < 1.29 is 9.90 Å². The minimum Gasteiger partial charge on any atom is -0.478 e. The Labute approximate surface area is 128 Å². The van der Waals surface area contributed by atoms with Crippen LogP contribution in [0.3, 0.4) is 0 Å². The number of nitriles is 1. The maximum atomic E-state index is 10.8. The van der Waals surface area contributed by atoms with Crippen LogP contribution in [0.4, 0.5) is 11.5 Å². The number of aromatic carboxylic acids is 1. The lowest BCUT2D eigenvalue weighted by molar-refractivity contribution is 0.0696. The molecular formula is C13H7BrClN3O2. The summed E-state index contributed by atoms with van der Waals surface area (Å²) in [7, 11) is 0. The molecule has 2 N–H and O–H groups in total. The Bertz CT molecular complexity index is 728. The standard InChI is InChI=1S/C13H7BrClN3O2/c14-9-3-7(5-16)1-2-11(9)18-12-10(15)4-8(6-17-12)13(19)20/h1-4,6H,(H,17,18)(H,19,20). The average molecular weight is 353 g/mol. The number of nitrogens with one attached hydrogen (secondary N) is 1. The normalized spacial score (nSPS) is 9.85. The predicted octanol–water partition coefficient (Wildman–Crippen LogP) is 3.81. The van der Waals surface area contributed by atoms with Crippen molar-refractivity contribution in [2.24, 2.45) is 0 Å². The van der Waals surface area contributed by atoms with Crippen molar-refractivity contribution in [3.8, 4) is 6.07 Å². The molecule has 0 unspecified atom stereocenters. The van der Waals surface area contributed by atoms with Crippen molar-refractivity contribution >= 4 is 45.0 Å². The van der Waals surface area contributed by atoms with Gasteiger partial charge in [0.25, 0.3) is 0 Å². The predicted molar refractivity (Wildman–Crippen MR) is 78.3 cm³/mol. The van der Waals surface area contributed by atoms with Crippen molar-refractivity contribution in [3.05, 3.63) is 51.1 Å². The van der Waals surface area contributed by atoms with Crippen molar-refractivity contribution in [2.45, 2.75) is 0 Å². The van der Waals surface area contributed by atoms with E-state index in [1.807, 2.05) is 6.07 Å². The van der Waals surface area contributed by atoms with Gasteiger partial charge in [-0.05, 0) is 40.2 Å². The van der Waals surface area contributed by atoms with Crippen LogP contribution in [0.5, 0.6) is 0 Å². The van der Waals surface area contributed by atoms with Gasteiger partial charge in [-0.15, -0.1) is 0 Å². The van der Waals surface area contributed by atoms with Crippen LogP contribution in [0, 0.1) is 11.3 Å². The summed E-state index contributed by atoms with van der Waals surface area (Å²) in [5.74, 6) is -0.757. The first kappa shape index (κ1) is 14.3. The first-order valence-electron chi connectivity index (χ1n) is 5.37. The molecule has 0 amide bonds. The number of benzene rings is 1. The molecule has 1 heterocycles. The molecule has 0 saturated heterocycles. The highest BCUT2D eigenvalue weighted by Gasteiger charge is 2.10. The molecule has 20 heavy (non-hydrogen) atoms. The lowest BCUT2D eigenvalue weighted by Gasteiger charge is -2.09. The summed E-state index contributed by atoms with van der Waals surface area (Å²) in [6.45, 7) is 0. The number of aromatic nitrogens is 1. The molecule has 0 aliphatic carbocycles. The molecule has 7 heteroatoms. The second-order valence-electron chi connectivity index (χ2n) is 3.79. The fourth-order valence-corrected chi connectivity index (χ4v) is 2.15. The molecule has 1 aromatic carbocycles. The SMILES string of the molecule is N#Cc1ccc(Nc2ncc(C(=O)O)cc2Cl)c(Br)c1. The lowest BCUT2D eigenvalue weighted by atomic mass is 10.2. The highest BCUT2D eigenvalue weighted by Crippen LogP contribution is 2.29. The molecule has 100 valence electrons. The van der Waals surface area contributed by atoms with Crippen LogP contribution in [0.15, 0.2) is 34.9 Å². The molecule has 0 radical (unpaired) electrons. The van der Waals surface area contributed by atoms with Crippen molar-refractivity contribution in [3.63, 3.8) is 0 Å². The average Bonchev–Trinajstić information content (AvgIpc) is 2.42. The van der Waals surface area contributed by atoms with Crippen LogP contribution in [-0.4, -0.2) is 16.1 Å². The molecular weight excluding hydrogens is 346 g/mol. The first-order chi connectivity index (χ1) is 9.51. The molecule has 0 saturated carbocycles. The molecule has 2 rings (SSSR count). The van der Waals surface area contributed by atoms with Gasteiger partial charge in [-0.25, -0.2) is 9.78 Å². The van der Waals surface area contributed by atoms with Crippen LogP contribution in [0.2, 0.25) is 5.02 Å². The maximum Gasteiger partial charge on any atom is 0.337 e. The third kappa shape index (κ3) is 3.07. The molecule has 2 aromatic rings. The summed E-state index contributed by atoms with van der Waals surface area (Å²) in [6, 6.07) is 8.34. The second-order valence-corrected chi connectivity index (χ2v) is 5.05. The van der Waals surface area contributed by atoms with Crippen molar-refractivity contribution in [2.75, 3.05) is 5.32 Å². The second kappa shape index (κ2) is 5.90. The monoisotopic (exact) mass is 351 g/mol. The van der Waals surface area contributed by atoms with Gasteiger partial charge in [0.15, 0.2) is 0 Å². The Morgan fingerprint density at radius 2 is 2.20 bits per heavy atom. The van der Waals surface area contributed by atoms with E-state index >= 15 is 0 Å². The van der Waals surface area contributed by atoms with E-state index in [9.17, 15) is 4.79 Å². The first-order valence-corrected chi connectivity index (χ1v) is 6.54. The lowest BCUT2D eigenvalue weighted by Crippen LogP contribution is -2.01. The Hall–Kier alpha value is -2.10. The van der Waals surface area contributed by atoms with E-state index in [1.54, 1.807) is 18.2 Å². The van der Waals surface area contributed by atoms with Crippen LogP contribution < -0.4 is 5.32 Å². The van der Waals surface area contributed by atoms with Gasteiger partial charge in [0.1, 0.15) is 5.82 Å². The third-order valence-corrected chi connectivity index (χ3v) is 3.38. The van der Waals surface area contributed by atoms with Crippen molar-refractivity contribution in [1.29, 1.82) is 5.26 Å². The summed E-state index contributed by atoms with van der Waals surface area (Å²) in [4.78, 5) is 14.8. The minimum atomic E-state index is -1.09. The van der Waals surface area contributed by atoms with Gasteiger partial charge in [0.2, 0.25) is 0 Å². The number of pyridine rings is 1. The zero-order valence-corrected chi connectivity index (χ0v) is 12.2. The van der Waals surface area contributed by atoms with E-state index in [1.165, 1.54) is 12.3 Å². The molecule has 0 spiro atoms. The fourth-order valence-electron chi connectivity index (χ4n) is 1.46. The third-order valence-electron chi connectivity index (χ3n) is 2.44. The summed E-state index contributed by atoms with van der Waals surface area (Å²) in [5, 5.41) is 20.8. The number of rotatable bonds is 3. The van der Waals surface area contributed by atoms with Gasteiger partial charge in [-0.1, -0.05) is 11.6 Å². The van der Waals surface area contributed by atoms with Gasteiger partial charge in [-0.3, -0.25) is 0 Å². The zero-order valence-electron chi connectivity index (χ0n) is 9.89. The van der Waals surface area contributed by atoms with Crippen molar-refractivity contribution in [1.82, 2.24) is 4.98 Å². The molecule has 0 aliphatic heterocycles.